The van der Waals surface area contributed by atoms with Crippen LogP contribution in [-0.2, 0) is 6.42 Å². The van der Waals surface area contributed by atoms with Crippen LogP contribution in [0.1, 0.15) is 41.4 Å². The van der Waals surface area contributed by atoms with Crippen LogP contribution in [0.2, 0.25) is 0 Å². The first-order valence-corrected chi connectivity index (χ1v) is 9.91. The van der Waals surface area contributed by atoms with Gasteiger partial charge in [-0.1, -0.05) is 45.8 Å². The lowest BCUT2D eigenvalue weighted by Gasteiger charge is -2.29. The molecule has 0 spiro atoms. The number of rotatable bonds is 6. The summed E-state index contributed by atoms with van der Waals surface area (Å²) in [6.45, 7) is 0.151. The van der Waals surface area contributed by atoms with Gasteiger partial charge in [-0.15, -0.1) is 5.10 Å². The summed E-state index contributed by atoms with van der Waals surface area (Å²) < 4.78 is 52.7. The van der Waals surface area contributed by atoms with E-state index in [-0.39, 0.29) is 22.7 Å². The van der Waals surface area contributed by atoms with Crippen LogP contribution >= 0.6 is 0 Å². The van der Waals surface area contributed by atoms with Crippen molar-refractivity contribution in [1.82, 2.24) is 20.2 Å². The number of aromatic nitrogens is 4. The molecule has 0 bridgehead atoms. The van der Waals surface area contributed by atoms with Gasteiger partial charge in [-0.3, -0.25) is 4.79 Å². The number of hydrogen-bond acceptors (Lipinski definition) is 5. The lowest BCUT2D eigenvalue weighted by molar-refractivity contribution is 0.0397. The van der Waals surface area contributed by atoms with Crippen LogP contribution in [0.25, 0.3) is 5.57 Å². The van der Waals surface area contributed by atoms with Crippen molar-refractivity contribution in [3.63, 3.8) is 0 Å². The van der Waals surface area contributed by atoms with Crippen molar-refractivity contribution in [2.75, 3.05) is 18.0 Å². The fraction of sp³-hybridized carbons (Fsp3) is 0.273. The van der Waals surface area contributed by atoms with Crippen LogP contribution in [-0.4, -0.2) is 39.1 Å². The first-order valence-electron chi connectivity index (χ1n) is 9.91. The van der Waals surface area contributed by atoms with E-state index in [1.54, 1.807) is 17.0 Å². The average molecular weight is 445 g/mol. The number of anilines is 1. The Morgan fingerprint density at radius 3 is 2.56 bits per heavy atom. The molecule has 3 aromatic rings. The first-order chi connectivity index (χ1) is 15.3. The molecule has 166 valence electrons. The Hall–Kier alpha value is -3.56. The lowest BCUT2D eigenvalue weighted by Crippen LogP contribution is -2.31. The van der Waals surface area contributed by atoms with Gasteiger partial charge < -0.3 is 4.90 Å². The molecule has 0 saturated carbocycles. The van der Waals surface area contributed by atoms with Crippen molar-refractivity contribution in [3.05, 3.63) is 76.4 Å². The quantitative estimate of drug-likeness (QED) is 0.414. The van der Waals surface area contributed by atoms with Crippen LogP contribution in [0, 0.1) is 11.6 Å². The van der Waals surface area contributed by atoms with Gasteiger partial charge in [0, 0.05) is 19.5 Å². The largest absolute Gasteiger partial charge is 0.350 e. The number of nitrogens with zero attached hydrogens (tertiary/aromatic N) is 5. The molecule has 4 rings (SSSR count). The van der Waals surface area contributed by atoms with Crippen molar-refractivity contribution in [1.29, 1.82) is 0 Å². The summed E-state index contributed by atoms with van der Waals surface area (Å²) in [6.07, 6.45) is 0.642. The Kier molecular flexibility index (Phi) is 6.02. The molecule has 6 nitrogen and oxygen atoms in total. The highest BCUT2D eigenvalue weighted by Gasteiger charge is 2.23. The van der Waals surface area contributed by atoms with Gasteiger partial charge in [-0.2, -0.15) is 8.78 Å². The highest BCUT2D eigenvalue weighted by molar-refractivity contribution is 5.97. The second-order valence-electron chi connectivity index (χ2n) is 7.52. The van der Waals surface area contributed by atoms with Crippen LogP contribution in [0.15, 0.2) is 48.0 Å². The minimum atomic E-state index is -2.85. The molecule has 0 fully saturated rings. The number of carbonyl (C=O) groups is 1. The standard InChI is InChI=1S/C22H19F4N5O/c1-13-9-10-30(22-27-29-31(28-22)21(25)26)12-17(13)15-7-5-14(6-8-15)11-19(32)16-3-2-4-18(23)20(16)24/h2-8,21H,9-12H2,1H3. The monoisotopic (exact) mass is 445 g/mol. The predicted molar refractivity (Wildman–Crippen MR) is 109 cm³/mol. The molecule has 1 aliphatic rings. The van der Waals surface area contributed by atoms with Gasteiger partial charge in [0.25, 0.3) is 5.95 Å². The van der Waals surface area contributed by atoms with E-state index in [2.05, 4.69) is 15.4 Å². The number of carbonyl (C=O) groups excluding carboxylic acids is 1. The predicted octanol–water partition coefficient (Wildman–Crippen LogP) is 4.46. The fourth-order valence-electron chi connectivity index (χ4n) is 3.62. The van der Waals surface area contributed by atoms with E-state index in [0.717, 1.165) is 22.8 Å². The SMILES string of the molecule is CC1=C(c2ccc(CC(=O)c3cccc(F)c3F)cc2)CN(c2nnn(C(F)F)n2)CC1. The van der Waals surface area contributed by atoms with Crippen LogP contribution in [0.5, 0.6) is 0 Å². The van der Waals surface area contributed by atoms with E-state index in [1.807, 2.05) is 19.1 Å². The third kappa shape index (κ3) is 4.39. The maximum atomic E-state index is 13.9. The average Bonchev–Trinajstić information content (AvgIpc) is 3.27. The molecular weight excluding hydrogens is 426 g/mol. The molecule has 0 N–H and O–H groups in total. The van der Waals surface area contributed by atoms with Crippen molar-refractivity contribution >= 4 is 17.3 Å². The zero-order chi connectivity index (χ0) is 22.8. The number of ketones is 1. The van der Waals surface area contributed by atoms with E-state index in [4.69, 9.17) is 0 Å². The molecule has 0 aliphatic carbocycles. The highest BCUT2D eigenvalue weighted by Crippen LogP contribution is 2.28. The van der Waals surface area contributed by atoms with Gasteiger partial charge in [0.15, 0.2) is 17.4 Å². The van der Waals surface area contributed by atoms with E-state index in [9.17, 15) is 22.4 Å². The van der Waals surface area contributed by atoms with Crippen molar-refractivity contribution in [2.24, 2.45) is 0 Å². The van der Waals surface area contributed by atoms with Crippen LogP contribution in [0.4, 0.5) is 23.5 Å². The summed E-state index contributed by atoms with van der Waals surface area (Å²) in [6, 6.07) is 10.7. The molecule has 2 heterocycles. The molecule has 0 unspecified atom stereocenters. The van der Waals surface area contributed by atoms with E-state index in [1.165, 1.54) is 12.1 Å². The van der Waals surface area contributed by atoms with E-state index >= 15 is 0 Å². The molecule has 0 radical (unpaired) electrons. The summed E-state index contributed by atoms with van der Waals surface area (Å²) in [5.41, 5.74) is 3.43. The zero-order valence-corrected chi connectivity index (χ0v) is 17.1. The van der Waals surface area contributed by atoms with Gasteiger partial charge in [0.1, 0.15) is 0 Å². The second kappa shape index (κ2) is 8.89. The number of halogens is 4. The summed E-state index contributed by atoms with van der Waals surface area (Å²) in [4.78, 5) is 14.4. The Morgan fingerprint density at radius 1 is 1.12 bits per heavy atom. The minimum Gasteiger partial charge on any atom is -0.334 e. The fourth-order valence-corrected chi connectivity index (χ4v) is 3.62. The Morgan fingerprint density at radius 2 is 1.88 bits per heavy atom. The summed E-state index contributed by atoms with van der Waals surface area (Å²) in [7, 11) is 0. The third-order valence-electron chi connectivity index (χ3n) is 5.42. The van der Waals surface area contributed by atoms with Gasteiger partial charge in [-0.25, -0.2) is 8.78 Å². The van der Waals surface area contributed by atoms with Crippen LogP contribution < -0.4 is 4.90 Å². The van der Waals surface area contributed by atoms with Gasteiger partial charge in [0.2, 0.25) is 0 Å². The summed E-state index contributed by atoms with van der Waals surface area (Å²) in [5, 5.41) is 10.8. The third-order valence-corrected chi connectivity index (χ3v) is 5.42. The van der Waals surface area contributed by atoms with Gasteiger partial charge >= 0.3 is 6.55 Å². The molecule has 2 aromatic carbocycles. The topological polar surface area (TPSA) is 63.9 Å². The molecule has 1 aromatic heterocycles. The van der Waals surface area contributed by atoms with Gasteiger partial charge in [0.05, 0.1) is 5.56 Å². The number of hydrogen-bond donors (Lipinski definition) is 0. The Balaban J connectivity index is 1.49. The normalized spacial score (nSPS) is 14.4. The Bertz CT molecular complexity index is 1170. The molecule has 0 atom stereocenters. The van der Waals surface area contributed by atoms with Gasteiger partial charge in [-0.05, 0) is 47.4 Å². The van der Waals surface area contributed by atoms with Crippen molar-refractivity contribution in [3.8, 4) is 0 Å². The number of benzene rings is 2. The minimum absolute atomic E-state index is 0.0640. The molecule has 32 heavy (non-hydrogen) atoms. The molecule has 0 amide bonds. The number of alkyl halides is 2. The van der Waals surface area contributed by atoms with Crippen molar-refractivity contribution < 1.29 is 22.4 Å². The lowest BCUT2D eigenvalue weighted by atomic mass is 9.93. The molecular formula is C22H19F4N5O. The van der Waals surface area contributed by atoms with E-state index in [0.29, 0.717) is 25.1 Å². The molecule has 1 aliphatic heterocycles. The summed E-state index contributed by atoms with van der Waals surface area (Å²) in [5.74, 6) is -2.58. The Labute approximate surface area is 181 Å². The molecule has 10 heteroatoms. The maximum absolute atomic E-state index is 13.9. The first kappa shape index (κ1) is 21.7. The maximum Gasteiger partial charge on any atom is 0.350 e. The molecule has 0 saturated heterocycles. The highest BCUT2D eigenvalue weighted by atomic mass is 19.3. The number of tetrazole rings is 1. The zero-order valence-electron chi connectivity index (χ0n) is 17.1. The second-order valence-corrected chi connectivity index (χ2v) is 7.52. The number of Topliss-reactive ketones (excluding diaryl/α,β-unsaturated/α-hetero) is 1. The summed E-state index contributed by atoms with van der Waals surface area (Å²) >= 11 is 0. The van der Waals surface area contributed by atoms with E-state index < -0.39 is 24.0 Å². The van der Waals surface area contributed by atoms with Crippen molar-refractivity contribution in [2.45, 2.75) is 26.3 Å². The smallest absolute Gasteiger partial charge is 0.334 e. The van der Waals surface area contributed by atoms with Crippen LogP contribution in [0.3, 0.4) is 0 Å².